The van der Waals surface area contributed by atoms with Crippen LogP contribution in [0.25, 0.3) is 17.2 Å². The molecule has 0 fully saturated rings. The maximum absolute atomic E-state index is 5.58. The number of halogens is 1. The first kappa shape index (κ1) is 20.4. The van der Waals surface area contributed by atoms with Gasteiger partial charge in [0.15, 0.2) is 0 Å². The summed E-state index contributed by atoms with van der Waals surface area (Å²) in [4.78, 5) is 2.33. The molecule has 2 nitrogen and oxygen atoms in total. The first-order valence-electron chi connectivity index (χ1n) is 9.53. The summed E-state index contributed by atoms with van der Waals surface area (Å²) < 4.78 is 5.58. The summed E-state index contributed by atoms with van der Waals surface area (Å²) in [6.07, 6.45) is 5.46. The Morgan fingerprint density at radius 1 is 0.929 bits per heavy atom. The molecule has 28 heavy (non-hydrogen) atoms. The van der Waals surface area contributed by atoms with Crippen LogP contribution in [0, 0.1) is 0 Å². The highest BCUT2D eigenvalue weighted by Crippen LogP contribution is 2.26. The molecule has 3 aromatic carbocycles. The number of fused-ring (bicyclic) bond motifs is 1. The van der Waals surface area contributed by atoms with E-state index in [1.54, 1.807) is 0 Å². The summed E-state index contributed by atoms with van der Waals surface area (Å²) in [5.74, 6) is 1.06. The molecule has 0 aromatic heterocycles. The van der Waals surface area contributed by atoms with E-state index in [1.165, 1.54) is 27.8 Å². The molecule has 0 saturated heterocycles. The van der Waals surface area contributed by atoms with Crippen LogP contribution < -0.4 is 4.74 Å². The number of hydrogen-bond acceptors (Lipinski definition) is 2. The van der Waals surface area contributed by atoms with Crippen LogP contribution in [0.5, 0.6) is 5.75 Å². The van der Waals surface area contributed by atoms with E-state index in [-0.39, 0.29) is 17.0 Å². The predicted molar refractivity (Wildman–Crippen MR) is 123 cm³/mol. The summed E-state index contributed by atoms with van der Waals surface area (Å²) in [5, 5.41) is 0. The van der Waals surface area contributed by atoms with Gasteiger partial charge < -0.3 is 4.74 Å². The molecule has 0 spiro atoms. The van der Waals surface area contributed by atoms with Gasteiger partial charge in [-0.25, -0.2) is 0 Å². The predicted octanol–water partition coefficient (Wildman–Crippen LogP) is 6.01. The maximum atomic E-state index is 5.58. The topological polar surface area (TPSA) is 12.5 Å². The maximum Gasteiger partial charge on any atom is 0.122 e. The van der Waals surface area contributed by atoms with Crippen LogP contribution in [0.2, 0.25) is 0 Å². The molecule has 0 atom stereocenters. The highest BCUT2D eigenvalue weighted by Gasteiger charge is 2.12. The van der Waals surface area contributed by atoms with Gasteiger partial charge in [0.25, 0.3) is 0 Å². The summed E-state index contributed by atoms with van der Waals surface area (Å²) in [7, 11) is 2.16. The van der Waals surface area contributed by atoms with Crippen molar-refractivity contribution in [3.8, 4) is 16.9 Å². The summed E-state index contributed by atoms with van der Waals surface area (Å²) in [5.41, 5.74) is 6.44. The van der Waals surface area contributed by atoms with Gasteiger partial charge in [0, 0.05) is 19.5 Å². The zero-order valence-corrected chi connectivity index (χ0v) is 17.9. The van der Waals surface area contributed by atoms with E-state index in [2.05, 4.69) is 90.8 Å². The van der Waals surface area contributed by atoms with Crippen molar-refractivity contribution in [2.45, 2.75) is 13.0 Å². The Morgan fingerprint density at radius 3 is 2.46 bits per heavy atom. The van der Waals surface area contributed by atoms with E-state index in [0.29, 0.717) is 0 Å². The lowest BCUT2D eigenvalue weighted by Crippen LogP contribution is -2.17. The molecule has 3 heteroatoms. The molecule has 0 unspecified atom stereocenters. The Morgan fingerprint density at radius 2 is 1.68 bits per heavy atom. The zero-order chi connectivity index (χ0) is 18.5. The molecule has 1 aliphatic rings. The van der Waals surface area contributed by atoms with Crippen molar-refractivity contribution in [3.63, 3.8) is 0 Å². The first-order chi connectivity index (χ1) is 13.3. The van der Waals surface area contributed by atoms with Crippen molar-refractivity contribution < 1.29 is 4.74 Å². The minimum absolute atomic E-state index is 0. The Kier molecular flexibility index (Phi) is 7.07. The van der Waals surface area contributed by atoms with Gasteiger partial charge in [-0.3, -0.25) is 4.90 Å². The normalized spacial score (nSPS) is 12.6. The molecule has 3 aromatic rings. The number of nitrogens with zero attached hydrogens (tertiary/aromatic N) is 1. The third-order valence-electron chi connectivity index (χ3n) is 4.95. The highest BCUT2D eigenvalue weighted by molar-refractivity contribution is 8.93. The SMILES string of the molecule is Br.CN(C/C=C/c1ccc(-c2ccccc2)cc1)Cc1ccc2c(c1)CCO2. The van der Waals surface area contributed by atoms with Crippen LogP contribution in [0.3, 0.4) is 0 Å². The van der Waals surface area contributed by atoms with Crippen LogP contribution in [-0.4, -0.2) is 25.1 Å². The van der Waals surface area contributed by atoms with Gasteiger partial charge in [0.1, 0.15) is 5.75 Å². The third-order valence-corrected chi connectivity index (χ3v) is 4.95. The molecule has 0 bridgehead atoms. The average molecular weight is 436 g/mol. The molecule has 0 saturated carbocycles. The molecule has 0 radical (unpaired) electrons. The van der Waals surface area contributed by atoms with Gasteiger partial charge in [-0.1, -0.05) is 78.9 Å². The first-order valence-corrected chi connectivity index (χ1v) is 9.53. The van der Waals surface area contributed by atoms with Crippen molar-refractivity contribution in [1.82, 2.24) is 4.90 Å². The van der Waals surface area contributed by atoms with Gasteiger partial charge in [-0.05, 0) is 40.9 Å². The molecular formula is C25H26BrNO. The minimum Gasteiger partial charge on any atom is -0.493 e. The number of rotatable bonds is 6. The molecule has 4 rings (SSSR count). The largest absolute Gasteiger partial charge is 0.493 e. The van der Waals surface area contributed by atoms with Crippen molar-refractivity contribution in [3.05, 3.63) is 95.6 Å². The van der Waals surface area contributed by atoms with Crippen molar-refractivity contribution in [2.24, 2.45) is 0 Å². The van der Waals surface area contributed by atoms with Gasteiger partial charge in [-0.15, -0.1) is 17.0 Å². The highest BCUT2D eigenvalue weighted by atomic mass is 79.9. The fourth-order valence-electron chi connectivity index (χ4n) is 3.50. The monoisotopic (exact) mass is 435 g/mol. The number of benzene rings is 3. The van der Waals surface area contributed by atoms with Crippen LogP contribution in [0.4, 0.5) is 0 Å². The lowest BCUT2D eigenvalue weighted by atomic mass is 10.0. The summed E-state index contributed by atoms with van der Waals surface area (Å²) in [6.45, 7) is 2.69. The van der Waals surface area contributed by atoms with Crippen molar-refractivity contribution in [2.75, 3.05) is 20.2 Å². The average Bonchev–Trinajstić information content (AvgIpc) is 3.17. The van der Waals surface area contributed by atoms with Crippen LogP contribution >= 0.6 is 17.0 Å². The Balaban J connectivity index is 0.00000225. The molecule has 144 valence electrons. The molecule has 1 aliphatic heterocycles. The Hall–Kier alpha value is -2.36. The van der Waals surface area contributed by atoms with Crippen molar-refractivity contribution in [1.29, 1.82) is 0 Å². The van der Waals surface area contributed by atoms with Crippen LogP contribution in [0.1, 0.15) is 16.7 Å². The molecule has 0 aliphatic carbocycles. The van der Waals surface area contributed by atoms with Gasteiger partial charge >= 0.3 is 0 Å². The van der Waals surface area contributed by atoms with E-state index < -0.39 is 0 Å². The molecule has 0 amide bonds. The quantitative estimate of drug-likeness (QED) is 0.469. The van der Waals surface area contributed by atoms with E-state index in [0.717, 1.165) is 31.9 Å². The number of hydrogen-bond donors (Lipinski definition) is 0. The fourth-order valence-corrected chi connectivity index (χ4v) is 3.50. The van der Waals surface area contributed by atoms with Gasteiger partial charge in [0.05, 0.1) is 6.61 Å². The smallest absolute Gasteiger partial charge is 0.122 e. The minimum atomic E-state index is 0. The van der Waals surface area contributed by atoms with E-state index in [4.69, 9.17) is 4.74 Å². The third kappa shape index (κ3) is 5.12. The summed E-state index contributed by atoms with van der Waals surface area (Å²) >= 11 is 0. The number of ether oxygens (including phenoxy) is 1. The van der Waals surface area contributed by atoms with Gasteiger partial charge in [-0.2, -0.15) is 0 Å². The van der Waals surface area contributed by atoms with Crippen molar-refractivity contribution >= 4 is 23.1 Å². The fraction of sp³-hybridized carbons (Fsp3) is 0.200. The lowest BCUT2D eigenvalue weighted by molar-refractivity contribution is 0.356. The second kappa shape index (κ2) is 9.72. The number of likely N-dealkylation sites (N-methyl/N-ethyl adjacent to an activating group) is 1. The van der Waals surface area contributed by atoms with Crippen LogP contribution in [0.15, 0.2) is 78.9 Å². The molecule has 1 heterocycles. The molecule has 0 N–H and O–H groups in total. The second-order valence-corrected chi connectivity index (χ2v) is 7.13. The lowest BCUT2D eigenvalue weighted by Gasteiger charge is -2.15. The van der Waals surface area contributed by atoms with E-state index >= 15 is 0 Å². The van der Waals surface area contributed by atoms with Gasteiger partial charge in [0.2, 0.25) is 0 Å². The standard InChI is InChI=1S/C25H25NO.BrH/c1-26(19-21-11-14-25-24(18-21)15-17-27-25)16-5-6-20-9-12-23(13-10-20)22-7-3-2-4-8-22;/h2-14,18H,15-17,19H2,1H3;1H/b6-5+;. The Bertz CT molecular complexity index is 919. The van der Waals surface area contributed by atoms with E-state index in [1.807, 2.05) is 6.07 Å². The molecular weight excluding hydrogens is 410 g/mol. The zero-order valence-electron chi connectivity index (χ0n) is 16.2. The summed E-state index contributed by atoms with van der Waals surface area (Å²) in [6, 6.07) is 25.8. The van der Waals surface area contributed by atoms with E-state index in [9.17, 15) is 0 Å². The van der Waals surface area contributed by atoms with Crippen LogP contribution in [-0.2, 0) is 13.0 Å². The second-order valence-electron chi connectivity index (χ2n) is 7.13. The Labute approximate surface area is 178 Å².